The Balaban J connectivity index is 2.32. The van der Waals surface area contributed by atoms with Gasteiger partial charge in [-0.25, -0.2) is 9.59 Å². The maximum Gasteiger partial charge on any atom is 0.337 e. The predicted octanol–water partition coefficient (Wildman–Crippen LogP) is 2.55. The molecule has 1 N–H and O–H groups in total. The fourth-order valence-electron chi connectivity index (χ4n) is 3.44. The normalized spacial score (nSPS) is 25.4. The second-order valence-corrected chi connectivity index (χ2v) is 7.36. The van der Waals surface area contributed by atoms with E-state index in [1.165, 1.54) is 13.0 Å². The molecule has 3 atom stereocenters. The summed E-state index contributed by atoms with van der Waals surface area (Å²) in [6.45, 7) is 8.28. The summed E-state index contributed by atoms with van der Waals surface area (Å²) in [5.74, 6) is -2.30. The van der Waals surface area contributed by atoms with E-state index in [2.05, 4.69) is 12.7 Å². The summed E-state index contributed by atoms with van der Waals surface area (Å²) in [4.78, 5) is 36.0. The van der Waals surface area contributed by atoms with Gasteiger partial charge >= 0.3 is 17.9 Å². The van der Waals surface area contributed by atoms with Crippen molar-refractivity contribution in [1.82, 2.24) is 0 Å². The third-order valence-corrected chi connectivity index (χ3v) is 4.95. The summed E-state index contributed by atoms with van der Waals surface area (Å²) in [6, 6.07) is 0. The Bertz CT molecular complexity index is 772. The number of fused-ring (bicyclic) bond motifs is 1. The first-order chi connectivity index (χ1) is 13.7. The van der Waals surface area contributed by atoms with Crippen LogP contribution in [-0.2, 0) is 28.6 Å². The Morgan fingerprint density at radius 1 is 1.34 bits per heavy atom. The highest BCUT2D eigenvalue weighted by atomic mass is 16.6. The molecule has 0 aromatic carbocycles. The number of carbonyl (C=O) groups is 3. The Morgan fingerprint density at radius 3 is 2.72 bits per heavy atom. The molecule has 1 fully saturated rings. The molecule has 3 unspecified atom stereocenters. The van der Waals surface area contributed by atoms with Gasteiger partial charge in [0.25, 0.3) is 0 Å². The van der Waals surface area contributed by atoms with E-state index >= 15 is 0 Å². The first-order valence-corrected chi connectivity index (χ1v) is 9.59. The van der Waals surface area contributed by atoms with Gasteiger partial charge in [-0.15, -0.1) is 0 Å². The second-order valence-electron chi connectivity index (χ2n) is 7.36. The average molecular weight is 404 g/mol. The summed E-state index contributed by atoms with van der Waals surface area (Å²) in [5, 5.41) is 9.19. The van der Waals surface area contributed by atoms with Gasteiger partial charge in [0.05, 0.1) is 18.1 Å². The van der Waals surface area contributed by atoms with Crippen molar-refractivity contribution in [1.29, 1.82) is 0 Å². The van der Waals surface area contributed by atoms with Gasteiger partial charge in [0, 0.05) is 18.9 Å². The van der Waals surface area contributed by atoms with Gasteiger partial charge in [0.15, 0.2) is 0 Å². The predicted molar refractivity (Wildman–Crippen MR) is 106 cm³/mol. The lowest BCUT2D eigenvalue weighted by Crippen LogP contribution is -2.34. The van der Waals surface area contributed by atoms with E-state index in [1.807, 2.05) is 19.9 Å². The summed E-state index contributed by atoms with van der Waals surface area (Å²) in [6.07, 6.45) is 6.06. The number of ether oxygens (including phenoxy) is 3. The molecular formula is C22H28O7. The molecule has 0 radical (unpaired) electrons. The van der Waals surface area contributed by atoms with E-state index in [1.54, 1.807) is 0 Å². The molecule has 0 aromatic heterocycles. The summed E-state index contributed by atoms with van der Waals surface area (Å²) < 4.78 is 16.1. The van der Waals surface area contributed by atoms with Crippen LogP contribution in [0.5, 0.6) is 0 Å². The number of aliphatic hydroxyl groups is 1. The van der Waals surface area contributed by atoms with Gasteiger partial charge in [0.1, 0.15) is 18.8 Å². The molecule has 29 heavy (non-hydrogen) atoms. The highest BCUT2D eigenvalue weighted by molar-refractivity contribution is 5.92. The standard InChI is InChI=1S/C22H28O7/c1-13-6-5-7-14(2)11-19(20-15(3)21(25)28-18(20)10-13)29-22(26)17(8-9-23)12-27-16(4)24/h7-8,10,18-20,23H,3,5-6,9,11-12H2,1-2,4H3. The van der Waals surface area contributed by atoms with Crippen molar-refractivity contribution < 1.29 is 33.7 Å². The van der Waals surface area contributed by atoms with Crippen LogP contribution in [0.1, 0.15) is 40.0 Å². The number of esters is 3. The zero-order valence-corrected chi connectivity index (χ0v) is 17.1. The Labute approximate surface area is 170 Å². The third-order valence-electron chi connectivity index (χ3n) is 4.95. The molecule has 0 saturated carbocycles. The lowest BCUT2D eigenvalue weighted by Gasteiger charge is -2.27. The molecule has 0 aromatic rings. The van der Waals surface area contributed by atoms with E-state index < -0.39 is 42.6 Å². The quantitative estimate of drug-likeness (QED) is 0.325. The van der Waals surface area contributed by atoms with Gasteiger partial charge < -0.3 is 19.3 Å². The molecule has 1 heterocycles. The van der Waals surface area contributed by atoms with Crippen LogP contribution in [0.3, 0.4) is 0 Å². The number of allylic oxidation sites excluding steroid dienone is 2. The largest absolute Gasteiger partial charge is 0.461 e. The molecule has 0 amide bonds. The minimum atomic E-state index is -0.721. The maximum atomic E-state index is 12.7. The molecule has 2 aliphatic rings. The molecule has 1 aliphatic carbocycles. The maximum absolute atomic E-state index is 12.7. The third kappa shape index (κ3) is 6.15. The van der Waals surface area contributed by atoms with Gasteiger partial charge in [-0.1, -0.05) is 23.8 Å². The van der Waals surface area contributed by atoms with Crippen molar-refractivity contribution in [2.75, 3.05) is 13.2 Å². The van der Waals surface area contributed by atoms with Crippen LogP contribution in [-0.4, -0.2) is 48.4 Å². The highest BCUT2D eigenvalue weighted by Gasteiger charge is 2.44. The second kappa shape index (κ2) is 10.2. The first kappa shape index (κ1) is 22.6. The smallest absolute Gasteiger partial charge is 0.337 e. The average Bonchev–Trinajstić information content (AvgIpc) is 2.91. The highest BCUT2D eigenvalue weighted by Crippen LogP contribution is 2.36. The van der Waals surface area contributed by atoms with Crippen LogP contribution in [0.25, 0.3) is 0 Å². The molecule has 1 saturated heterocycles. The molecule has 7 nitrogen and oxygen atoms in total. The zero-order chi connectivity index (χ0) is 21.6. The van der Waals surface area contributed by atoms with Crippen molar-refractivity contribution in [2.24, 2.45) is 5.92 Å². The minimum Gasteiger partial charge on any atom is -0.461 e. The molecular weight excluding hydrogens is 376 g/mol. The van der Waals surface area contributed by atoms with E-state index in [4.69, 9.17) is 14.2 Å². The van der Waals surface area contributed by atoms with Crippen LogP contribution >= 0.6 is 0 Å². The van der Waals surface area contributed by atoms with Crippen LogP contribution in [0.15, 0.2) is 47.1 Å². The summed E-state index contributed by atoms with van der Waals surface area (Å²) in [7, 11) is 0. The topological polar surface area (TPSA) is 99.1 Å². The fraction of sp³-hybridized carbons (Fsp3) is 0.500. The van der Waals surface area contributed by atoms with E-state index in [-0.39, 0.29) is 17.8 Å². The van der Waals surface area contributed by atoms with Crippen molar-refractivity contribution >= 4 is 17.9 Å². The van der Waals surface area contributed by atoms with Crippen molar-refractivity contribution in [3.8, 4) is 0 Å². The summed E-state index contributed by atoms with van der Waals surface area (Å²) in [5.41, 5.74) is 2.39. The molecule has 0 bridgehead atoms. The van der Waals surface area contributed by atoms with Crippen LogP contribution in [0, 0.1) is 5.92 Å². The lowest BCUT2D eigenvalue weighted by molar-refractivity contribution is -0.148. The Hall–Kier alpha value is -2.67. The number of aliphatic hydroxyl groups excluding tert-OH is 1. The number of carbonyl (C=O) groups excluding carboxylic acids is 3. The first-order valence-electron chi connectivity index (χ1n) is 9.59. The molecule has 2 rings (SSSR count). The zero-order valence-electron chi connectivity index (χ0n) is 17.1. The monoisotopic (exact) mass is 404 g/mol. The van der Waals surface area contributed by atoms with E-state index in [0.717, 1.165) is 24.0 Å². The van der Waals surface area contributed by atoms with Crippen LogP contribution in [0.4, 0.5) is 0 Å². The van der Waals surface area contributed by atoms with Gasteiger partial charge in [-0.05, 0) is 38.8 Å². The van der Waals surface area contributed by atoms with Crippen LogP contribution < -0.4 is 0 Å². The van der Waals surface area contributed by atoms with Gasteiger partial charge in [-0.3, -0.25) is 4.79 Å². The van der Waals surface area contributed by atoms with Crippen molar-refractivity contribution in [2.45, 2.75) is 52.2 Å². The number of hydrogen-bond donors (Lipinski definition) is 1. The fourth-order valence-corrected chi connectivity index (χ4v) is 3.44. The lowest BCUT2D eigenvalue weighted by atomic mass is 9.85. The minimum absolute atomic E-state index is 0.0283. The number of hydrogen-bond acceptors (Lipinski definition) is 7. The Kier molecular flexibility index (Phi) is 7.96. The van der Waals surface area contributed by atoms with E-state index in [0.29, 0.717) is 6.42 Å². The Morgan fingerprint density at radius 2 is 2.07 bits per heavy atom. The molecule has 7 heteroatoms. The molecule has 1 aliphatic heterocycles. The summed E-state index contributed by atoms with van der Waals surface area (Å²) >= 11 is 0. The molecule has 0 spiro atoms. The van der Waals surface area contributed by atoms with Crippen LogP contribution in [0.2, 0.25) is 0 Å². The van der Waals surface area contributed by atoms with Gasteiger partial charge in [-0.2, -0.15) is 0 Å². The van der Waals surface area contributed by atoms with Gasteiger partial charge in [0.2, 0.25) is 0 Å². The molecule has 158 valence electrons. The van der Waals surface area contributed by atoms with E-state index in [9.17, 15) is 19.5 Å². The number of rotatable bonds is 5. The van der Waals surface area contributed by atoms with Crippen molar-refractivity contribution in [3.05, 3.63) is 47.1 Å². The SMILES string of the molecule is C=C1C(=O)OC2C=C(C)CCC=C(C)CC(OC(=O)C(=CCO)COC(C)=O)C12. The van der Waals surface area contributed by atoms with Crippen molar-refractivity contribution in [3.63, 3.8) is 0 Å².